The third-order valence-corrected chi connectivity index (χ3v) is 11.1. The van der Waals surface area contributed by atoms with Gasteiger partial charge in [0.05, 0.1) is 11.6 Å². The average Bonchev–Trinajstić information content (AvgIpc) is 3.73. The third kappa shape index (κ3) is 4.46. The first-order chi connectivity index (χ1) is 23.2. The summed E-state index contributed by atoms with van der Waals surface area (Å²) in [5.74, 6) is -0.755. The largest absolute Gasteiger partial charge is 0.508 e. The number of nitrogens with one attached hydrogen (secondary N) is 1. The van der Waals surface area contributed by atoms with Crippen LogP contribution >= 0.6 is 0 Å². The van der Waals surface area contributed by atoms with Crippen molar-refractivity contribution in [3.8, 4) is 28.9 Å². The number of fused-ring (bicyclic) bond motifs is 7. The van der Waals surface area contributed by atoms with Gasteiger partial charge in [-0.3, -0.25) is 4.90 Å². The third-order valence-electron chi connectivity index (χ3n) is 11.1. The van der Waals surface area contributed by atoms with E-state index in [1.54, 1.807) is 6.07 Å². The van der Waals surface area contributed by atoms with E-state index in [4.69, 9.17) is 19.4 Å². The van der Waals surface area contributed by atoms with E-state index in [0.29, 0.717) is 53.5 Å². The van der Waals surface area contributed by atoms with E-state index in [-0.39, 0.29) is 84.3 Å². The van der Waals surface area contributed by atoms with Crippen LogP contribution in [-0.4, -0.2) is 81.5 Å². The SMILES string of the molecule is CCc1c(F)ccc2cc(O)cc(-c3nc4c5c(nc(OC[C@@]67CCCN6CC(=C(F)F)C7)nc5c3F)N3C[C@H]5CC[C@H](N5)[C@H]3CO4)c12. The molecule has 5 aliphatic rings. The van der Waals surface area contributed by atoms with Crippen molar-refractivity contribution in [1.82, 2.24) is 25.2 Å². The molecule has 13 heteroatoms. The first kappa shape index (κ1) is 29.9. The van der Waals surface area contributed by atoms with Gasteiger partial charge in [-0.1, -0.05) is 13.0 Å². The fourth-order valence-corrected chi connectivity index (χ4v) is 8.86. The lowest BCUT2D eigenvalue weighted by Crippen LogP contribution is -2.60. The summed E-state index contributed by atoms with van der Waals surface area (Å²) in [7, 11) is 0. The molecule has 0 aliphatic carbocycles. The Morgan fingerprint density at radius 3 is 2.85 bits per heavy atom. The maximum Gasteiger partial charge on any atom is 0.319 e. The van der Waals surface area contributed by atoms with Crippen LogP contribution in [0.25, 0.3) is 32.9 Å². The molecular formula is C35H34F4N6O3. The van der Waals surface area contributed by atoms with Crippen molar-refractivity contribution in [3.63, 3.8) is 0 Å². The maximum atomic E-state index is 17.1. The molecule has 7 heterocycles. The molecule has 4 saturated heterocycles. The van der Waals surface area contributed by atoms with E-state index < -0.39 is 23.3 Å². The summed E-state index contributed by atoms with van der Waals surface area (Å²) in [6.07, 6.45) is 2.38. The second-order valence-corrected chi connectivity index (χ2v) is 13.8. The maximum absolute atomic E-state index is 17.1. The number of benzene rings is 2. The number of nitrogens with zero attached hydrogens (tertiary/aromatic N) is 5. The standard InChI is InChI=1S/C35H34F4N6O3/c1-2-21-23(36)6-4-17-10-20(46)11-22(26(17)21)29-28(37)30-27-32(45-14-19-5-7-24(40-19)25(45)15-47-33(27)41-29)43-34(42-30)48-16-35-8-3-9-44(35)13-18(12-35)31(38)39/h4,6,10-11,19,24-25,40,46H,2-3,5,7-9,12-16H2,1H3/t19-,24+,25-,35+/m1/s1. The monoisotopic (exact) mass is 662 g/mol. The number of aromatic hydroxyl groups is 1. The van der Waals surface area contributed by atoms with Crippen molar-refractivity contribution in [3.05, 3.63) is 53.1 Å². The number of aromatic nitrogens is 3. The number of hydrogen-bond acceptors (Lipinski definition) is 9. The van der Waals surface area contributed by atoms with Crippen LogP contribution in [0.2, 0.25) is 0 Å². The molecule has 5 aliphatic heterocycles. The highest BCUT2D eigenvalue weighted by Crippen LogP contribution is 2.46. The molecule has 0 amide bonds. The quantitative estimate of drug-likeness (QED) is 0.255. The Morgan fingerprint density at radius 1 is 1.15 bits per heavy atom. The smallest absolute Gasteiger partial charge is 0.319 e. The van der Waals surface area contributed by atoms with Gasteiger partial charge in [0.1, 0.15) is 47.2 Å². The molecule has 0 saturated carbocycles. The molecule has 4 fully saturated rings. The summed E-state index contributed by atoms with van der Waals surface area (Å²) < 4.78 is 72.1. The van der Waals surface area contributed by atoms with Crippen LogP contribution in [0.1, 0.15) is 44.6 Å². The Balaban J connectivity index is 1.23. The molecule has 4 aromatic rings. The van der Waals surface area contributed by atoms with Crippen LogP contribution in [-0.2, 0) is 6.42 Å². The van der Waals surface area contributed by atoms with Crippen molar-refractivity contribution in [2.24, 2.45) is 0 Å². The normalized spacial score (nSPS) is 26.1. The van der Waals surface area contributed by atoms with Crippen LogP contribution < -0.4 is 19.7 Å². The number of aryl methyl sites for hydroxylation is 1. The van der Waals surface area contributed by atoms with Gasteiger partial charge in [0.25, 0.3) is 6.08 Å². The first-order valence-electron chi connectivity index (χ1n) is 16.6. The summed E-state index contributed by atoms with van der Waals surface area (Å²) in [4.78, 5) is 18.3. The van der Waals surface area contributed by atoms with Gasteiger partial charge in [0, 0.05) is 36.3 Å². The van der Waals surface area contributed by atoms with Crippen LogP contribution in [0.3, 0.4) is 0 Å². The number of pyridine rings is 1. The Morgan fingerprint density at radius 2 is 2.02 bits per heavy atom. The topological polar surface area (TPSA) is 95.9 Å². The van der Waals surface area contributed by atoms with Crippen LogP contribution in [0.5, 0.6) is 17.6 Å². The second-order valence-electron chi connectivity index (χ2n) is 13.8. The Labute approximate surface area is 273 Å². The Bertz CT molecular complexity index is 2040. The summed E-state index contributed by atoms with van der Waals surface area (Å²) in [5, 5.41) is 15.6. The fraction of sp³-hybridized carbons (Fsp3) is 0.457. The number of rotatable bonds is 5. The van der Waals surface area contributed by atoms with Gasteiger partial charge >= 0.3 is 6.01 Å². The van der Waals surface area contributed by atoms with E-state index in [2.05, 4.69) is 15.2 Å². The van der Waals surface area contributed by atoms with E-state index in [9.17, 15) is 13.9 Å². The van der Waals surface area contributed by atoms with Gasteiger partial charge < -0.3 is 24.8 Å². The summed E-state index contributed by atoms with van der Waals surface area (Å²) in [6.45, 7) is 3.66. The Hall–Kier alpha value is -4.23. The molecule has 2 bridgehead atoms. The number of piperazine rings is 1. The van der Waals surface area contributed by atoms with Gasteiger partial charge in [-0.25, -0.2) is 13.8 Å². The van der Waals surface area contributed by atoms with Gasteiger partial charge in [-0.05, 0) is 79.6 Å². The van der Waals surface area contributed by atoms with Crippen LogP contribution in [0, 0.1) is 11.6 Å². The number of ether oxygens (including phenoxy) is 2. The molecule has 48 heavy (non-hydrogen) atoms. The summed E-state index contributed by atoms with van der Waals surface area (Å²) in [6, 6.07) is 5.96. The Kier molecular flexibility index (Phi) is 6.78. The van der Waals surface area contributed by atoms with E-state index in [1.165, 1.54) is 18.2 Å². The van der Waals surface area contributed by atoms with Gasteiger partial charge in [0.15, 0.2) is 5.82 Å². The number of hydrogen-bond donors (Lipinski definition) is 2. The van der Waals surface area contributed by atoms with Crippen molar-refractivity contribution >= 4 is 27.5 Å². The number of phenols is 1. The average molecular weight is 663 g/mol. The molecule has 2 N–H and O–H groups in total. The second kappa shape index (κ2) is 10.9. The highest BCUT2D eigenvalue weighted by molar-refractivity contribution is 6.03. The number of halogens is 4. The van der Waals surface area contributed by atoms with E-state index in [0.717, 1.165) is 19.3 Å². The summed E-state index contributed by atoms with van der Waals surface area (Å²) >= 11 is 0. The lowest BCUT2D eigenvalue weighted by molar-refractivity contribution is 0.108. The molecule has 250 valence electrons. The molecule has 9 rings (SSSR count). The minimum atomic E-state index is -1.65. The fourth-order valence-electron chi connectivity index (χ4n) is 8.86. The molecule has 0 spiro atoms. The molecular weight excluding hydrogens is 628 g/mol. The van der Waals surface area contributed by atoms with Crippen LogP contribution in [0.15, 0.2) is 35.9 Å². The number of phenolic OH excluding ortho intramolecular Hbond substituents is 1. The molecule has 2 aromatic heterocycles. The predicted octanol–water partition coefficient (Wildman–Crippen LogP) is 5.86. The molecule has 9 nitrogen and oxygen atoms in total. The molecule has 0 unspecified atom stereocenters. The van der Waals surface area contributed by atoms with Crippen molar-refractivity contribution in [2.75, 3.05) is 37.7 Å². The van der Waals surface area contributed by atoms with Gasteiger partial charge in [0.2, 0.25) is 5.88 Å². The molecule has 2 aromatic carbocycles. The van der Waals surface area contributed by atoms with Gasteiger partial charge in [-0.2, -0.15) is 18.7 Å². The first-order valence-corrected chi connectivity index (χ1v) is 16.6. The highest BCUT2D eigenvalue weighted by Gasteiger charge is 2.49. The zero-order chi connectivity index (χ0) is 32.9. The highest BCUT2D eigenvalue weighted by atomic mass is 19.3. The molecule has 4 atom stereocenters. The zero-order valence-corrected chi connectivity index (χ0v) is 26.3. The molecule has 0 radical (unpaired) electrons. The van der Waals surface area contributed by atoms with Crippen molar-refractivity contribution in [1.29, 1.82) is 0 Å². The lowest BCUT2D eigenvalue weighted by atomic mass is 9.94. The minimum Gasteiger partial charge on any atom is -0.508 e. The van der Waals surface area contributed by atoms with Crippen LogP contribution in [0.4, 0.5) is 23.4 Å². The number of anilines is 1. The van der Waals surface area contributed by atoms with Gasteiger partial charge in [-0.15, -0.1) is 0 Å². The lowest BCUT2D eigenvalue weighted by Gasteiger charge is -2.40. The minimum absolute atomic E-state index is 0.0635. The zero-order valence-electron chi connectivity index (χ0n) is 26.3. The predicted molar refractivity (Wildman–Crippen MR) is 171 cm³/mol. The van der Waals surface area contributed by atoms with Crippen molar-refractivity contribution < 1.29 is 32.1 Å². The summed E-state index contributed by atoms with van der Waals surface area (Å²) in [5.41, 5.74) is -0.122. The van der Waals surface area contributed by atoms with E-state index >= 15 is 8.78 Å². The van der Waals surface area contributed by atoms with Crippen molar-refractivity contribution in [2.45, 2.75) is 69.1 Å². The van der Waals surface area contributed by atoms with E-state index in [1.807, 2.05) is 11.8 Å².